The topological polar surface area (TPSA) is 4.41 Å². The Morgan fingerprint density at radius 1 is 0.955 bits per heavy atom. The Hall–Kier alpha value is -2.54. The zero-order chi connectivity index (χ0) is 15.3. The first-order valence-corrected chi connectivity index (χ1v) is 7.73. The van der Waals surface area contributed by atoms with Gasteiger partial charge < -0.3 is 4.40 Å². The lowest BCUT2D eigenvalue weighted by atomic mass is 10.0. The van der Waals surface area contributed by atoms with Crippen molar-refractivity contribution in [3.63, 3.8) is 0 Å². The van der Waals surface area contributed by atoms with Crippen LogP contribution in [0.5, 0.6) is 0 Å². The monoisotopic (exact) mass is 285 g/mol. The summed E-state index contributed by atoms with van der Waals surface area (Å²) >= 11 is 0. The molecule has 0 aliphatic rings. The number of hydrogen-bond acceptors (Lipinski definition) is 0. The second-order valence-corrected chi connectivity index (χ2v) is 6.09. The average molecular weight is 285 g/mol. The van der Waals surface area contributed by atoms with Crippen LogP contribution in [0.1, 0.15) is 16.8 Å². The van der Waals surface area contributed by atoms with Gasteiger partial charge in [0.25, 0.3) is 0 Å². The van der Waals surface area contributed by atoms with E-state index in [4.69, 9.17) is 0 Å². The van der Waals surface area contributed by atoms with Crippen LogP contribution in [-0.2, 0) is 6.42 Å². The first-order valence-electron chi connectivity index (χ1n) is 7.73. The summed E-state index contributed by atoms with van der Waals surface area (Å²) in [5, 5.41) is 3.97. The fourth-order valence-corrected chi connectivity index (χ4v) is 3.57. The Morgan fingerprint density at radius 3 is 2.64 bits per heavy atom. The molecule has 0 fully saturated rings. The van der Waals surface area contributed by atoms with Crippen molar-refractivity contribution in [3.05, 3.63) is 78.0 Å². The summed E-state index contributed by atoms with van der Waals surface area (Å²) in [6.07, 6.45) is 2.88. The summed E-state index contributed by atoms with van der Waals surface area (Å²) in [5.74, 6) is 0. The van der Waals surface area contributed by atoms with Gasteiger partial charge in [0.2, 0.25) is 0 Å². The summed E-state index contributed by atoms with van der Waals surface area (Å²) in [6.45, 7) is 8.24. The highest BCUT2D eigenvalue weighted by molar-refractivity contribution is 6.04. The van der Waals surface area contributed by atoms with Crippen molar-refractivity contribution in [2.75, 3.05) is 0 Å². The third-order valence-electron chi connectivity index (χ3n) is 4.48. The van der Waals surface area contributed by atoms with Gasteiger partial charge in [0, 0.05) is 16.5 Å². The van der Waals surface area contributed by atoms with E-state index in [1.807, 2.05) is 6.08 Å². The fraction of sp³-hybridized carbons (Fsp3) is 0.143. The van der Waals surface area contributed by atoms with Crippen LogP contribution in [0.25, 0.3) is 27.2 Å². The van der Waals surface area contributed by atoms with Crippen LogP contribution in [0.15, 0.2) is 61.2 Å². The van der Waals surface area contributed by atoms with E-state index in [1.165, 1.54) is 44.0 Å². The molecule has 1 heteroatoms. The molecular formula is C21H19N. The van der Waals surface area contributed by atoms with Crippen LogP contribution < -0.4 is 0 Å². The Bertz CT molecular complexity index is 1030. The maximum absolute atomic E-state index is 3.91. The lowest BCUT2D eigenvalue weighted by molar-refractivity contribution is 1.15. The van der Waals surface area contributed by atoms with Gasteiger partial charge in [-0.1, -0.05) is 35.9 Å². The zero-order valence-corrected chi connectivity index (χ0v) is 13.1. The van der Waals surface area contributed by atoms with Gasteiger partial charge in [0.15, 0.2) is 0 Å². The Morgan fingerprint density at radius 2 is 1.82 bits per heavy atom. The number of pyridine rings is 1. The molecular weight excluding hydrogens is 266 g/mol. The molecule has 0 radical (unpaired) electrons. The molecule has 0 saturated heterocycles. The van der Waals surface area contributed by atoms with Crippen molar-refractivity contribution >= 4 is 27.2 Å². The second kappa shape index (κ2) is 4.74. The van der Waals surface area contributed by atoms with Crippen molar-refractivity contribution in [1.29, 1.82) is 0 Å². The molecule has 108 valence electrons. The smallest absolute Gasteiger partial charge is 0.0546 e. The molecule has 0 bridgehead atoms. The van der Waals surface area contributed by atoms with Gasteiger partial charge in [-0.05, 0) is 55.5 Å². The standard InChI is InChI=1S/C21H19N/c1-4-6-16-7-5-8-17-12-15(3)22-19-10-9-14(2)11-18(19)13-20(22)21(16)17/h4-5,7-13H,1,6H2,2-3H3. The summed E-state index contributed by atoms with van der Waals surface area (Å²) in [6, 6.07) is 17.9. The highest BCUT2D eigenvalue weighted by Crippen LogP contribution is 2.31. The Labute approximate surface area is 130 Å². The Kier molecular flexibility index (Phi) is 2.83. The molecule has 1 nitrogen and oxygen atoms in total. The predicted molar refractivity (Wildman–Crippen MR) is 95.8 cm³/mol. The van der Waals surface area contributed by atoms with Crippen LogP contribution >= 0.6 is 0 Å². The number of nitrogens with zero attached hydrogens (tertiary/aromatic N) is 1. The Balaban J connectivity index is 2.27. The van der Waals surface area contributed by atoms with Crippen molar-refractivity contribution in [2.24, 2.45) is 0 Å². The zero-order valence-electron chi connectivity index (χ0n) is 13.1. The summed E-state index contributed by atoms with van der Waals surface area (Å²) in [4.78, 5) is 0. The van der Waals surface area contributed by atoms with Gasteiger partial charge in [-0.15, -0.1) is 6.58 Å². The molecule has 0 aliphatic heterocycles. The third-order valence-corrected chi connectivity index (χ3v) is 4.48. The lowest BCUT2D eigenvalue weighted by Gasteiger charge is -2.10. The molecule has 0 N–H and O–H groups in total. The largest absolute Gasteiger partial charge is 0.313 e. The molecule has 4 rings (SSSR count). The molecule has 2 aromatic heterocycles. The molecule has 0 saturated carbocycles. The molecule has 4 aromatic rings. The molecule has 0 aliphatic carbocycles. The van der Waals surface area contributed by atoms with E-state index in [2.05, 4.69) is 73.4 Å². The lowest BCUT2D eigenvalue weighted by Crippen LogP contribution is -1.94. The minimum atomic E-state index is 0.899. The highest BCUT2D eigenvalue weighted by atomic mass is 14.9. The van der Waals surface area contributed by atoms with Crippen LogP contribution in [0.3, 0.4) is 0 Å². The van der Waals surface area contributed by atoms with Crippen molar-refractivity contribution < 1.29 is 0 Å². The number of aryl methyl sites for hydroxylation is 2. The summed E-state index contributed by atoms with van der Waals surface area (Å²) in [7, 11) is 0. The first kappa shape index (κ1) is 13.1. The van der Waals surface area contributed by atoms with Gasteiger partial charge in [-0.25, -0.2) is 0 Å². The average Bonchev–Trinajstić information content (AvgIpc) is 2.86. The van der Waals surface area contributed by atoms with E-state index in [0.29, 0.717) is 0 Å². The molecule has 0 amide bonds. The maximum atomic E-state index is 3.91. The van der Waals surface area contributed by atoms with E-state index < -0.39 is 0 Å². The van der Waals surface area contributed by atoms with E-state index in [0.717, 1.165) is 6.42 Å². The van der Waals surface area contributed by atoms with Crippen LogP contribution in [0.4, 0.5) is 0 Å². The molecule has 2 heterocycles. The van der Waals surface area contributed by atoms with Crippen LogP contribution in [-0.4, -0.2) is 4.40 Å². The minimum absolute atomic E-state index is 0.899. The van der Waals surface area contributed by atoms with E-state index in [9.17, 15) is 0 Å². The van der Waals surface area contributed by atoms with Crippen molar-refractivity contribution in [2.45, 2.75) is 20.3 Å². The van der Waals surface area contributed by atoms with Crippen molar-refractivity contribution in [1.82, 2.24) is 4.40 Å². The highest BCUT2D eigenvalue weighted by Gasteiger charge is 2.11. The van der Waals surface area contributed by atoms with Crippen LogP contribution in [0, 0.1) is 13.8 Å². The normalized spacial score (nSPS) is 11.5. The minimum Gasteiger partial charge on any atom is -0.313 e. The third kappa shape index (κ3) is 1.79. The van der Waals surface area contributed by atoms with Gasteiger partial charge in [-0.3, -0.25) is 0 Å². The van der Waals surface area contributed by atoms with E-state index in [1.54, 1.807) is 0 Å². The summed E-state index contributed by atoms with van der Waals surface area (Å²) in [5.41, 5.74) is 6.51. The van der Waals surface area contributed by atoms with E-state index >= 15 is 0 Å². The first-order chi connectivity index (χ1) is 10.7. The second-order valence-electron chi connectivity index (χ2n) is 6.09. The molecule has 2 aromatic carbocycles. The number of fused-ring (bicyclic) bond motifs is 5. The number of aromatic nitrogens is 1. The maximum Gasteiger partial charge on any atom is 0.0546 e. The molecule has 0 spiro atoms. The number of benzene rings is 2. The number of allylic oxidation sites excluding steroid dienone is 1. The number of rotatable bonds is 2. The quantitative estimate of drug-likeness (QED) is 0.423. The van der Waals surface area contributed by atoms with Crippen molar-refractivity contribution in [3.8, 4) is 0 Å². The van der Waals surface area contributed by atoms with Gasteiger partial charge in [0.1, 0.15) is 0 Å². The molecule has 22 heavy (non-hydrogen) atoms. The van der Waals surface area contributed by atoms with Gasteiger partial charge >= 0.3 is 0 Å². The van der Waals surface area contributed by atoms with Crippen LogP contribution in [0.2, 0.25) is 0 Å². The van der Waals surface area contributed by atoms with Gasteiger partial charge in [-0.2, -0.15) is 0 Å². The number of hydrogen-bond donors (Lipinski definition) is 0. The SMILES string of the molecule is C=CCc1cccc2cc(C)n3c4ccc(C)cc4cc3c12. The van der Waals surface area contributed by atoms with Gasteiger partial charge in [0.05, 0.1) is 11.0 Å². The fourth-order valence-electron chi connectivity index (χ4n) is 3.57. The molecule has 0 unspecified atom stereocenters. The molecule has 0 atom stereocenters. The predicted octanol–water partition coefficient (Wildman–Crippen LogP) is 5.59. The van der Waals surface area contributed by atoms with E-state index in [-0.39, 0.29) is 0 Å². The summed E-state index contributed by atoms with van der Waals surface area (Å²) < 4.78 is 2.38.